The van der Waals surface area contributed by atoms with Crippen molar-refractivity contribution in [3.05, 3.63) is 54.2 Å². The van der Waals surface area contributed by atoms with E-state index in [1.54, 1.807) is 0 Å². The lowest BCUT2D eigenvalue weighted by Crippen LogP contribution is -1.89. The van der Waals surface area contributed by atoms with Gasteiger partial charge in [-0.25, -0.2) is 0 Å². The summed E-state index contributed by atoms with van der Waals surface area (Å²) < 4.78 is 2.02. The van der Waals surface area contributed by atoms with Gasteiger partial charge in [0.2, 0.25) is 0 Å². The van der Waals surface area contributed by atoms with E-state index in [0.29, 0.717) is 0 Å². The number of pyridine rings is 1. The average molecular weight is 209 g/mol. The van der Waals surface area contributed by atoms with Gasteiger partial charge < -0.3 is 0 Å². The molecule has 16 heavy (non-hydrogen) atoms. The monoisotopic (exact) mass is 209 g/mol. The Morgan fingerprint density at radius 1 is 0.938 bits per heavy atom. The Labute approximate surface area is 93.4 Å². The lowest BCUT2D eigenvalue weighted by Gasteiger charge is -2.00. The highest BCUT2D eigenvalue weighted by molar-refractivity contribution is 5.60. The van der Waals surface area contributed by atoms with E-state index >= 15 is 0 Å². The van der Waals surface area contributed by atoms with Gasteiger partial charge in [0.25, 0.3) is 0 Å². The van der Waals surface area contributed by atoms with Crippen molar-refractivity contribution in [2.75, 3.05) is 0 Å². The number of benzene rings is 1. The van der Waals surface area contributed by atoms with Crippen LogP contribution < -0.4 is 0 Å². The molecule has 0 aliphatic rings. The topological polar surface area (TPSA) is 30.2 Å². The number of aromatic nitrogens is 3. The van der Waals surface area contributed by atoms with Gasteiger partial charge in [0.15, 0.2) is 11.5 Å². The maximum absolute atomic E-state index is 4.24. The summed E-state index contributed by atoms with van der Waals surface area (Å²) >= 11 is 0. The molecule has 0 amide bonds. The molecule has 0 saturated carbocycles. The van der Waals surface area contributed by atoms with E-state index < -0.39 is 0 Å². The molecule has 0 aliphatic carbocycles. The fourth-order valence-electron chi connectivity index (χ4n) is 1.83. The molecule has 2 aromatic heterocycles. The van der Waals surface area contributed by atoms with Crippen molar-refractivity contribution in [2.24, 2.45) is 0 Å². The molecule has 0 unspecified atom stereocenters. The van der Waals surface area contributed by atoms with Crippen molar-refractivity contribution in [1.29, 1.82) is 0 Å². The largest absolute Gasteiger partial charge is 0.282 e. The van der Waals surface area contributed by atoms with E-state index in [4.69, 9.17) is 0 Å². The van der Waals surface area contributed by atoms with Crippen molar-refractivity contribution in [2.45, 2.75) is 6.92 Å². The van der Waals surface area contributed by atoms with Gasteiger partial charge in [-0.3, -0.25) is 4.40 Å². The number of nitrogens with zero attached hydrogens (tertiary/aromatic N) is 3. The third kappa shape index (κ3) is 1.29. The van der Waals surface area contributed by atoms with E-state index in [2.05, 4.69) is 10.2 Å². The van der Waals surface area contributed by atoms with Crippen molar-refractivity contribution in [3.63, 3.8) is 0 Å². The van der Waals surface area contributed by atoms with Crippen molar-refractivity contribution in [3.8, 4) is 11.4 Å². The number of fused-ring (bicyclic) bond motifs is 1. The molecule has 78 valence electrons. The molecule has 3 aromatic rings. The molecule has 1 aromatic carbocycles. The van der Waals surface area contributed by atoms with Crippen LogP contribution >= 0.6 is 0 Å². The minimum Gasteiger partial charge on any atom is -0.282 e. The molecule has 0 fully saturated rings. The van der Waals surface area contributed by atoms with Crippen LogP contribution in [-0.4, -0.2) is 14.6 Å². The molecule has 0 N–H and O–H groups in total. The number of hydrogen-bond donors (Lipinski definition) is 0. The van der Waals surface area contributed by atoms with Gasteiger partial charge in [-0.2, -0.15) is 0 Å². The first-order valence-corrected chi connectivity index (χ1v) is 5.22. The molecule has 2 heterocycles. The standard InChI is InChI=1S/C13H11N3/c1-10-6-5-9-16-12(10)14-15-13(16)11-7-3-2-4-8-11/h2-9H,1H3. The van der Waals surface area contributed by atoms with Gasteiger partial charge in [0, 0.05) is 11.8 Å². The van der Waals surface area contributed by atoms with Gasteiger partial charge in [0.1, 0.15) is 0 Å². The van der Waals surface area contributed by atoms with Gasteiger partial charge in [-0.05, 0) is 18.6 Å². The van der Waals surface area contributed by atoms with Crippen molar-refractivity contribution < 1.29 is 0 Å². The van der Waals surface area contributed by atoms with Crippen LogP contribution in [0.3, 0.4) is 0 Å². The minimum atomic E-state index is 0.888. The summed E-state index contributed by atoms with van der Waals surface area (Å²) in [6.45, 7) is 2.04. The van der Waals surface area contributed by atoms with Crippen LogP contribution in [0, 0.1) is 6.92 Å². The zero-order valence-corrected chi connectivity index (χ0v) is 8.96. The summed E-state index contributed by atoms with van der Waals surface area (Å²) in [5, 5.41) is 8.45. The number of aryl methyl sites for hydroxylation is 1. The molecule has 3 rings (SSSR count). The molecule has 3 heteroatoms. The lowest BCUT2D eigenvalue weighted by atomic mass is 10.2. The summed E-state index contributed by atoms with van der Waals surface area (Å²) in [5.74, 6) is 0.888. The summed E-state index contributed by atoms with van der Waals surface area (Å²) in [7, 11) is 0. The Bertz CT molecular complexity index is 626. The van der Waals surface area contributed by atoms with Gasteiger partial charge in [-0.15, -0.1) is 10.2 Å². The van der Waals surface area contributed by atoms with Crippen LogP contribution in [0.5, 0.6) is 0 Å². The third-order valence-corrected chi connectivity index (χ3v) is 2.66. The molecule has 0 spiro atoms. The molecule has 3 nitrogen and oxygen atoms in total. The highest BCUT2D eigenvalue weighted by atomic mass is 15.2. The third-order valence-electron chi connectivity index (χ3n) is 2.66. The second-order valence-corrected chi connectivity index (χ2v) is 3.77. The Morgan fingerprint density at radius 2 is 1.75 bits per heavy atom. The first-order chi connectivity index (χ1) is 7.86. The minimum absolute atomic E-state index is 0.888. The molecule has 0 radical (unpaired) electrons. The fourth-order valence-corrected chi connectivity index (χ4v) is 1.83. The molecule has 0 bridgehead atoms. The summed E-state index contributed by atoms with van der Waals surface area (Å²) in [5.41, 5.74) is 3.14. The van der Waals surface area contributed by atoms with E-state index in [-0.39, 0.29) is 0 Å². The zero-order valence-electron chi connectivity index (χ0n) is 8.96. The van der Waals surface area contributed by atoms with Crippen LogP contribution in [0.15, 0.2) is 48.7 Å². The molecule has 0 aliphatic heterocycles. The second-order valence-electron chi connectivity index (χ2n) is 3.77. The molecule has 0 saturated heterocycles. The first-order valence-electron chi connectivity index (χ1n) is 5.22. The average Bonchev–Trinajstić information content (AvgIpc) is 2.75. The van der Waals surface area contributed by atoms with Crippen LogP contribution in [0.1, 0.15) is 5.56 Å². The lowest BCUT2D eigenvalue weighted by molar-refractivity contribution is 1.11. The van der Waals surface area contributed by atoms with E-state index in [9.17, 15) is 0 Å². The summed E-state index contributed by atoms with van der Waals surface area (Å²) in [4.78, 5) is 0. The maximum Gasteiger partial charge on any atom is 0.168 e. The molecular formula is C13H11N3. The SMILES string of the molecule is Cc1cccn2c(-c3ccccc3)nnc12. The summed E-state index contributed by atoms with van der Waals surface area (Å²) in [6.07, 6.45) is 1.99. The molecule has 0 atom stereocenters. The zero-order chi connectivity index (χ0) is 11.0. The van der Waals surface area contributed by atoms with Gasteiger partial charge >= 0.3 is 0 Å². The van der Waals surface area contributed by atoms with E-state index in [0.717, 1.165) is 22.6 Å². The summed E-state index contributed by atoms with van der Waals surface area (Å²) in [6, 6.07) is 14.1. The number of rotatable bonds is 1. The van der Waals surface area contributed by atoms with Crippen LogP contribution in [0.25, 0.3) is 17.0 Å². The molecular weight excluding hydrogens is 198 g/mol. The van der Waals surface area contributed by atoms with Gasteiger partial charge in [0.05, 0.1) is 0 Å². The Hall–Kier alpha value is -2.16. The van der Waals surface area contributed by atoms with Crippen LogP contribution in [-0.2, 0) is 0 Å². The Kier molecular flexibility index (Phi) is 1.96. The predicted molar refractivity (Wildman–Crippen MR) is 63.2 cm³/mol. The van der Waals surface area contributed by atoms with Crippen LogP contribution in [0.2, 0.25) is 0 Å². The van der Waals surface area contributed by atoms with E-state index in [1.165, 1.54) is 0 Å². The quantitative estimate of drug-likeness (QED) is 0.616. The normalized spacial score (nSPS) is 10.8. The smallest absolute Gasteiger partial charge is 0.168 e. The fraction of sp³-hybridized carbons (Fsp3) is 0.0769. The predicted octanol–water partition coefficient (Wildman–Crippen LogP) is 2.70. The maximum atomic E-state index is 4.24. The Balaban J connectivity index is 2.30. The van der Waals surface area contributed by atoms with Crippen LogP contribution in [0.4, 0.5) is 0 Å². The van der Waals surface area contributed by atoms with Crippen molar-refractivity contribution >= 4 is 5.65 Å². The highest BCUT2D eigenvalue weighted by Gasteiger charge is 2.07. The van der Waals surface area contributed by atoms with Gasteiger partial charge in [-0.1, -0.05) is 36.4 Å². The first kappa shape index (κ1) is 9.09. The van der Waals surface area contributed by atoms with E-state index in [1.807, 2.05) is 60.0 Å². The highest BCUT2D eigenvalue weighted by Crippen LogP contribution is 2.18. The Morgan fingerprint density at radius 3 is 2.56 bits per heavy atom. The second kappa shape index (κ2) is 3.45. The van der Waals surface area contributed by atoms with Crippen molar-refractivity contribution in [1.82, 2.24) is 14.6 Å². The number of hydrogen-bond acceptors (Lipinski definition) is 2.